The summed E-state index contributed by atoms with van der Waals surface area (Å²) < 4.78 is 105. The van der Waals surface area contributed by atoms with E-state index in [0.29, 0.717) is 98.7 Å². The predicted molar refractivity (Wildman–Crippen MR) is 484 cm³/mol. The van der Waals surface area contributed by atoms with Gasteiger partial charge >= 0.3 is 71.6 Å². The van der Waals surface area contributed by atoms with Crippen LogP contribution in [0.2, 0.25) is 0 Å². The second kappa shape index (κ2) is 46.5. The minimum Gasteiger partial charge on any atom is -0.494 e. The molecule has 12 rings (SSSR count). The van der Waals surface area contributed by atoms with Crippen molar-refractivity contribution in [2.45, 2.75) is 192 Å². The summed E-state index contributed by atoms with van der Waals surface area (Å²) in [6.45, 7) is 13.7. The van der Waals surface area contributed by atoms with Gasteiger partial charge < -0.3 is 95.2 Å². The van der Waals surface area contributed by atoms with Crippen LogP contribution in [0.25, 0.3) is 90.9 Å². The smallest absolute Gasteiger partial charge is 0.303 e. The summed E-state index contributed by atoms with van der Waals surface area (Å²) in [5, 5.41) is 0. The summed E-state index contributed by atoms with van der Waals surface area (Å²) in [5.41, 5.74) is 8.58. The largest absolute Gasteiger partial charge is 0.494 e. The van der Waals surface area contributed by atoms with Gasteiger partial charge in [0, 0.05) is 127 Å². The van der Waals surface area contributed by atoms with Gasteiger partial charge in [-0.25, -0.2) is 9.97 Å². The molecule has 8 bridgehead atoms. The molecule has 5 aliphatic heterocycles. The van der Waals surface area contributed by atoms with E-state index < -0.39 is 161 Å². The van der Waals surface area contributed by atoms with Crippen molar-refractivity contribution < 1.29 is 143 Å². The zero-order chi connectivity index (χ0) is 94.4. The molecule has 34 nitrogen and oxygen atoms in total. The van der Waals surface area contributed by atoms with E-state index >= 15 is 0 Å². The van der Waals surface area contributed by atoms with Gasteiger partial charge in [0.05, 0.1) is 42.6 Å². The molecule has 132 heavy (non-hydrogen) atoms. The van der Waals surface area contributed by atoms with Gasteiger partial charge in [-0.1, -0.05) is 66.7 Å². The Morgan fingerprint density at radius 1 is 0.280 bits per heavy atom. The Morgan fingerprint density at radius 3 is 0.742 bits per heavy atom. The van der Waals surface area contributed by atoms with Gasteiger partial charge in [-0.05, 0) is 144 Å². The van der Waals surface area contributed by atoms with E-state index in [4.69, 9.17) is 95.2 Å². The van der Waals surface area contributed by atoms with Gasteiger partial charge in [0.15, 0.2) is 54.9 Å². The first-order chi connectivity index (χ1) is 63.3. The predicted octanol–water partition coefficient (Wildman–Crippen LogP) is 13.1. The lowest BCUT2D eigenvalue weighted by Crippen LogP contribution is -2.61. The number of rotatable bonds is 37. The molecule has 3 saturated heterocycles. The van der Waals surface area contributed by atoms with Crippen LogP contribution in [0.4, 0.5) is 0 Å². The van der Waals surface area contributed by atoms with Crippen LogP contribution < -0.4 is 14.2 Å². The molecule has 37 heteroatoms. The van der Waals surface area contributed by atoms with Gasteiger partial charge in [-0.2, -0.15) is 0 Å². The third kappa shape index (κ3) is 26.7. The monoisotopic (exact) mass is 1870 g/mol. The maximum atomic E-state index is 12.6. The Bertz CT molecular complexity index is 5450. The molecule has 15 atom stereocenters. The zero-order valence-corrected chi connectivity index (χ0v) is 76.9. The van der Waals surface area contributed by atoms with E-state index in [1.54, 1.807) is 0 Å². The number of ether oxygens (including phenoxy) is 18. The van der Waals surface area contributed by atoms with Crippen LogP contribution in [0.3, 0.4) is 0 Å². The van der Waals surface area contributed by atoms with E-state index in [1.165, 1.54) is 76.8 Å². The molecule has 8 heterocycles. The minimum absolute atomic E-state index is 0.202. The lowest BCUT2D eigenvalue weighted by atomic mass is 9.99. The lowest BCUT2D eigenvalue weighted by molar-refractivity contribution is -0.237. The summed E-state index contributed by atoms with van der Waals surface area (Å²) in [5.74, 6) is -5.74. The van der Waals surface area contributed by atoms with Crippen LogP contribution in [-0.2, 0) is 129 Å². The van der Waals surface area contributed by atoms with Crippen molar-refractivity contribution in [1.29, 1.82) is 0 Å². The Labute approximate surface area is 772 Å². The van der Waals surface area contributed by atoms with Crippen LogP contribution in [0, 0.1) is 0 Å². The minimum atomic E-state index is -1.32. The quantitative estimate of drug-likeness (QED) is 0.0207. The molecule has 0 aliphatic carbocycles. The van der Waals surface area contributed by atoms with Gasteiger partial charge in [0.1, 0.15) is 71.7 Å². The number of nitrogens with one attached hydrogen (secondary N) is 2. The highest BCUT2D eigenvalue weighted by molar-refractivity contribution is 8.00. The Balaban J connectivity index is 0.861. The molecule has 3 fully saturated rings. The summed E-state index contributed by atoms with van der Waals surface area (Å²) in [7, 11) is 0. The zero-order valence-electron chi connectivity index (χ0n) is 74.4. The van der Waals surface area contributed by atoms with Crippen LogP contribution in [0.5, 0.6) is 17.2 Å². The number of carbonyl (C=O) groups excluding carboxylic acids is 12. The number of fused-ring (bicyclic) bond motifs is 8. The average Bonchev–Trinajstić information content (AvgIpc) is 1.61. The highest BCUT2D eigenvalue weighted by atomic mass is 32.2. The molecule has 0 saturated carbocycles. The molecule has 0 radical (unpaired) electrons. The molecule has 0 amide bonds. The number of hydrogen-bond donors (Lipinski definition) is 2. The second-order valence-electron chi connectivity index (χ2n) is 30.9. The van der Waals surface area contributed by atoms with Gasteiger partial charge in [0.2, 0.25) is 0 Å². The van der Waals surface area contributed by atoms with Gasteiger partial charge in [-0.15, -0.1) is 35.3 Å². The van der Waals surface area contributed by atoms with Crippen molar-refractivity contribution in [1.82, 2.24) is 19.9 Å². The molecular formula is C95H102N4O30S3. The lowest BCUT2D eigenvalue weighted by Gasteiger charge is -2.44. The molecule has 2 N–H and O–H groups in total. The van der Waals surface area contributed by atoms with Crippen molar-refractivity contribution in [3.63, 3.8) is 0 Å². The van der Waals surface area contributed by atoms with Crippen molar-refractivity contribution in [2.24, 2.45) is 0 Å². The molecule has 0 spiro atoms. The normalized spacial score (nSPS) is 21.8. The van der Waals surface area contributed by atoms with Crippen molar-refractivity contribution in [2.75, 3.05) is 56.9 Å². The summed E-state index contributed by atoms with van der Waals surface area (Å²) >= 11 is 3.73. The number of carbonyl (C=O) groups is 12. The topological polar surface area (TPSA) is 428 Å². The average molecular weight is 1880 g/mol. The van der Waals surface area contributed by atoms with E-state index in [-0.39, 0.29) is 39.6 Å². The van der Waals surface area contributed by atoms with Crippen LogP contribution in [0.1, 0.15) is 125 Å². The fourth-order valence-corrected chi connectivity index (χ4v) is 18.9. The number of hydrogen-bond acceptors (Lipinski definition) is 35. The maximum absolute atomic E-state index is 12.6. The number of aromatic amines is 2. The Kier molecular flexibility index (Phi) is 34.7. The third-order valence-electron chi connectivity index (χ3n) is 20.6. The fourth-order valence-electron chi connectivity index (χ4n) is 15.5. The van der Waals surface area contributed by atoms with Crippen LogP contribution in [-0.4, -0.2) is 238 Å². The number of H-pyrrole nitrogens is 2. The van der Waals surface area contributed by atoms with E-state index in [1.807, 2.05) is 152 Å². The van der Waals surface area contributed by atoms with E-state index in [9.17, 15) is 57.5 Å². The Hall–Kier alpha value is -12.6. The maximum Gasteiger partial charge on any atom is 0.303 e. The van der Waals surface area contributed by atoms with Gasteiger partial charge in [0.25, 0.3) is 0 Å². The second-order valence-corrected chi connectivity index (χ2v) is 34.5. The molecule has 0 unspecified atom stereocenters. The first-order valence-corrected chi connectivity index (χ1v) is 45.6. The van der Waals surface area contributed by atoms with Crippen molar-refractivity contribution >= 4 is 153 Å². The molecule has 5 aliphatic rings. The fraction of sp³-hybridized carbons (Fsp3) is 0.411. The number of aromatic nitrogens is 4. The van der Waals surface area contributed by atoms with Crippen molar-refractivity contribution in [3.05, 3.63) is 150 Å². The number of thioether (sulfide) groups is 3. The van der Waals surface area contributed by atoms with E-state index in [2.05, 4.69) is 9.97 Å². The number of nitrogens with zero attached hydrogens (tertiary/aromatic N) is 2. The third-order valence-corrected chi connectivity index (χ3v) is 24.3. The molecule has 700 valence electrons. The SMILES string of the molecule is CC(=O)OC[C@H]1O[C@@H](SCCCOc2ccc(-c3c4nc(c(-c5ccc(OCCCS[C@@H]6O[C@H](COC(C)=O)[C@@H](OC(C)=O)[C@H](OC(C)=O)[C@@H]6OC(C)=O)cc5)c5ccc([nH]5)c(-c5ccc(OCCCS[C@@H]6O[C@H](COC(C)=O)[C@@H](OC(C)=O)[C@H](OC(C)=O)[C@@H]6OC(C)=O)cc5)c5nc(c(-c6ccccc6)c6ccc3[nH]6)C=C5)C=C4)cc2)[C@@H](OC(C)=O)[C@@H](OC(C)=O)[C@@H]1OC(C)=O. The Morgan fingerprint density at radius 2 is 0.508 bits per heavy atom. The first-order valence-electron chi connectivity index (χ1n) is 42.5. The summed E-state index contributed by atoms with van der Waals surface area (Å²) in [6, 6.07) is 40.7. The molecule has 7 aromatic rings. The summed E-state index contributed by atoms with van der Waals surface area (Å²) in [4.78, 5) is 167. The van der Waals surface area contributed by atoms with Gasteiger partial charge in [-0.3, -0.25) is 57.5 Å². The number of benzene rings is 4. The summed E-state index contributed by atoms with van der Waals surface area (Å²) in [6.07, 6.45) is -5.60. The number of esters is 12. The van der Waals surface area contributed by atoms with Crippen molar-refractivity contribution in [3.8, 4) is 61.8 Å². The highest BCUT2D eigenvalue weighted by Gasteiger charge is 2.55. The molecular weight excluding hydrogens is 1770 g/mol. The van der Waals surface area contributed by atoms with Crippen LogP contribution >= 0.6 is 35.3 Å². The first kappa shape index (κ1) is 98.5. The highest BCUT2D eigenvalue weighted by Crippen LogP contribution is 2.43. The van der Waals surface area contributed by atoms with E-state index in [0.717, 1.165) is 86.0 Å². The standard InChI is InChI=1S/C95H102N4O30S3/c1-50(100)115-47-77-84(118-53(4)103)87(121-56(7)106)90(124-59(10)109)93(127-77)130-44-16-41-112-66-27-21-63(22-28-66)81-71-35-33-69(96-71)80(62-19-14-13-15-20-62)70-34-36-72(97-70)82(64-23-29-67(30-24-64)113-42-17-45-131-94-91(125-60(11)110)88(122-57(8)107)85(119-54(5)104)78(128-94)48-116-51(2)101)74-38-40-76(99-74)83(75-39-37-73(81)98-75)65-25-31-68(32-26-65)114-43-18-46-132-95-92(126-61(12)111)89(123-58(9)108)86(120-55(6)105)79(129-95)49-117-52(3)102/h13-15,19-40,77-79,84-96,99H,16-18,41-49H2,1-12H3/t77-,78-,79-,84-,85-,86-,87+,88+,89+,90+,91+,92+,93+,94+,95+/m1/s1. The molecule has 3 aromatic heterocycles. The van der Waals surface area contributed by atoms with Crippen LogP contribution in [0.15, 0.2) is 127 Å². The molecule has 4 aromatic carbocycles.